The van der Waals surface area contributed by atoms with E-state index in [2.05, 4.69) is 20.5 Å². The molecule has 0 aliphatic rings. The summed E-state index contributed by atoms with van der Waals surface area (Å²) in [5, 5.41) is 12.9. The molecule has 0 saturated heterocycles. The van der Waals surface area contributed by atoms with Gasteiger partial charge in [0.05, 0.1) is 19.9 Å². The minimum Gasteiger partial charge on any atom is -0.493 e. The van der Waals surface area contributed by atoms with Crippen LogP contribution < -0.4 is 9.47 Å². The topological polar surface area (TPSA) is 92.2 Å². The fourth-order valence-electron chi connectivity index (χ4n) is 2.50. The van der Waals surface area contributed by atoms with E-state index >= 15 is 0 Å². The summed E-state index contributed by atoms with van der Waals surface area (Å²) in [7, 11) is 5.00. The van der Waals surface area contributed by atoms with E-state index in [1.807, 2.05) is 34.9 Å². The van der Waals surface area contributed by atoms with Gasteiger partial charge in [-0.2, -0.15) is 0 Å². The summed E-state index contributed by atoms with van der Waals surface area (Å²) >= 11 is 1.36. The van der Waals surface area contributed by atoms with Crippen LogP contribution in [0.4, 0.5) is 0 Å². The van der Waals surface area contributed by atoms with Gasteiger partial charge in [0.1, 0.15) is 5.65 Å². The van der Waals surface area contributed by atoms with Gasteiger partial charge in [0, 0.05) is 31.1 Å². The van der Waals surface area contributed by atoms with Crippen molar-refractivity contribution in [1.29, 1.82) is 0 Å². The molecule has 0 fully saturated rings. The molecule has 3 aromatic heterocycles. The average Bonchev–Trinajstić information content (AvgIpc) is 3.30. The number of hydrogen-bond acceptors (Lipinski definition) is 8. The highest BCUT2D eigenvalue weighted by molar-refractivity contribution is 7.99. The molecule has 0 aliphatic carbocycles. The molecular formula is C16H15N7O2S. The first-order chi connectivity index (χ1) is 12.7. The molecule has 9 nitrogen and oxygen atoms in total. The predicted octanol–water partition coefficient (Wildman–Crippen LogP) is 2.09. The summed E-state index contributed by atoms with van der Waals surface area (Å²) in [4.78, 5) is 9.16. The minimum atomic E-state index is 0.636. The SMILES string of the molecule is COc1ccc(-c2cc3nccn3c(Sc3nnnn3C)n2)cc1OC. The zero-order valence-corrected chi connectivity index (χ0v) is 15.1. The first-order valence-corrected chi connectivity index (χ1v) is 8.48. The van der Waals surface area contributed by atoms with Crippen LogP contribution in [0.1, 0.15) is 0 Å². The number of aromatic nitrogens is 7. The lowest BCUT2D eigenvalue weighted by molar-refractivity contribution is 0.355. The second kappa shape index (κ2) is 6.64. The van der Waals surface area contributed by atoms with Crippen molar-refractivity contribution < 1.29 is 9.47 Å². The zero-order chi connectivity index (χ0) is 18.1. The fourth-order valence-corrected chi connectivity index (χ4v) is 3.31. The maximum absolute atomic E-state index is 5.39. The Hall–Kier alpha value is -3.14. The third-order valence-corrected chi connectivity index (χ3v) is 4.80. The third-order valence-electron chi connectivity index (χ3n) is 3.80. The van der Waals surface area contributed by atoms with Crippen LogP contribution in [-0.2, 0) is 7.05 Å². The van der Waals surface area contributed by atoms with Gasteiger partial charge < -0.3 is 9.47 Å². The average molecular weight is 369 g/mol. The number of aryl methyl sites for hydroxylation is 1. The van der Waals surface area contributed by atoms with E-state index in [-0.39, 0.29) is 0 Å². The first kappa shape index (κ1) is 16.3. The van der Waals surface area contributed by atoms with Crippen molar-refractivity contribution in [3.63, 3.8) is 0 Å². The van der Waals surface area contributed by atoms with E-state index in [0.29, 0.717) is 21.8 Å². The molecule has 0 spiro atoms. The van der Waals surface area contributed by atoms with Crippen molar-refractivity contribution in [2.75, 3.05) is 14.2 Å². The Morgan fingerprint density at radius 2 is 1.88 bits per heavy atom. The monoisotopic (exact) mass is 369 g/mol. The standard InChI is InChI=1S/C16H15N7O2S/c1-22-16(19-20-21-22)26-15-18-11(9-14-17-6-7-23(14)15)10-4-5-12(24-2)13(8-10)25-3/h4-9H,1-3H3. The molecule has 0 N–H and O–H groups in total. The molecule has 4 rings (SSSR count). The number of hydrogen-bond donors (Lipinski definition) is 0. The van der Waals surface area contributed by atoms with Crippen molar-refractivity contribution in [3.8, 4) is 22.8 Å². The Morgan fingerprint density at radius 1 is 1.04 bits per heavy atom. The Morgan fingerprint density at radius 3 is 2.62 bits per heavy atom. The van der Waals surface area contributed by atoms with Crippen LogP contribution in [0.3, 0.4) is 0 Å². The van der Waals surface area contributed by atoms with Gasteiger partial charge in [-0.25, -0.2) is 14.6 Å². The van der Waals surface area contributed by atoms with Gasteiger partial charge in [0.15, 0.2) is 16.7 Å². The number of ether oxygens (including phenoxy) is 2. The van der Waals surface area contributed by atoms with E-state index in [0.717, 1.165) is 16.9 Å². The van der Waals surface area contributed by atoms with Gasteiger partial charge in [-0.3, -0.25) is 4.40 Å². The summed E-state index contributed by atoms with van der Waals surface area (Å²) in [6.07, 6.45) is 3.58. The van der Waals surface area contributed by atoms with E-state index in [4.69, 9.17) is 14.5 Å². The van der Waals surface area contributed by atoms with Crippen molar-refractivity contribution in [2.45, 2.75) is 10.3 Å². The Bertz CT molecular complexity index is 1080. The highest BCUT2D eigenvalue weighted by Crippen LogP contribution is 2.33. The van der Waals surface area contributed by atoms with E-state index in [9.17, 15) is 0 Å². The van der Waals surface area contributed by atoms with E-state index in [1.54, 1.807) is 32.1 Å². The molecule has 0 bridgehead atoms. The molecule has 0 atom stereocenters. The minimum absolute atomic E-state index is 0.636. The lowest BCUT2D eigenvalue weighted by atomic mass is 10.1. The van der Waals surface area contributed by atoms with Gasteiger partial charge >= 0.3 is 0 Å². The number of tetrazole rings is 1. The van der Waals surface area contributed by atoms with E-state index < -0.39 is 0 Å². The molecule has 10 heteroatoms. The van der Waals surface area contributed by atoms with Crippen molar-refractivity contribution in [2.24, 2.45) is 7.05 Å². The second-order valence-corrected chi connectivity index (χ2v) is 6.27. The molecule has 0 unspecified atom stereocenters. The fraction of sp³-hybridized carbons (Fsp3) is 0.188. The summed E-state index contributed by atoms with van der Waals surface area (Å²) in [5.41, 5.74) is 2.44. The molecular weight excluding hydrogens is 354 g/mol. The molecule has 132 valence electrons. The molecule has 0 aliphatic heterocycles. The number of fused-ring (bicyclic) bond motifs is 1. The van der Waals surface area contributed by atoms with Gasteiger partial charge in [-0.05, 0) is 40.4 Å². The van der Waals surface area contributed by atoms with Crippen molar-refractivity contribution >= 4 is 17.4 Å². The number of rotatable bonds is 5. The summed E-state index contributed by atoms with van der Waals surface area (Å²) in [5.74, 6) is 1.31. The van der Waals surface area contributed by atoms with Crippen molar-refractivity contribution in [3.05, 3.63) is 36.7 Å². The summed E-state index contributed by atoms with van der Waals surface area (Å²) in [6, 6.07) is 7.59. The molecule has 0 radical (unpaired) electrons. The van der Waals surface area contributed by atoms with Gasteiger partial charge in [-0.1, -0.05) is 0 Å². The molecule has 0 saturated carbocycles. The van der Waals surface area contributed by atoms with Crippen LogP contribution in [0.5, 0.6) is 11.5 Å². The number of imidazole rings is 1. The Kier molecular flexibility index (Phi) is 4.17. The van der Waals surface area contributed by atoms with Crippen LogP contribution in [0, 0.1) is 0 Å². The largest absolute Gasteiger partial charge is 0.493 e. The van der Waals surface area contributed by atoms with Crippen LogP contribution in [0.25, 0.3) is 16.9 Å². The maximum Gasteiger partial charge on any atom is 0.216 e. The molecule has 0 amide bonds. The Balaban J connectivity index is 1.82. The second-order valence-electron chi connectivity index (χ2n) is 5.34. The van der Waals surface area contributed by atoms with Crippen LogP contribution >= 0.6 is 11.8 Å². The smallest absolute Gasteiger partial charge is 0.216 e. The quantitative estimate of drug-likeness (QED) is 0.494. The summed E-state index contributed by atoms with van der Waals surface area (Å²) < 4.78 is 14.2. The summed E-state index contributed by atoms with van der Waals surface area (Å²) in [6.45, 7) is 0. The van der Waals surface area contributed by atoms with Crippen LogP contribution in [-0.4, -0.2) is 48.8 Å². The zero-order valence-electron chi connectivity index (χ0n) is 14.3. The number of methoxy groups -OCH3 is 2. The number of nitrogens with zero attached hydrogens (tertiary/aromatic N) is 7. The molecule has 3 heterocycles. The normalized spacial score (nSPS) is 11.0. The highest BCUT2D eigenvalue weighted by Gasteiger charge is 2.14. The van der Waals surface area contributed by atoms with Crippen LogP contribution in [0.15, 0.2) is 47.0 Å². The maximum atomic E-state index is 5.39. The van der Waals surface area contributed by atoms with Crippen LogP contribution in [0.2, 0.25) is 0 Å². The van der Waals surface area contributed by atoms with Gasteiger partial charge in [-0.15, -0.1) is 5.10 Å². The van der Waals surface area contributed by atoms with Gasteiger partial charge in [0.2, 0.25) is 5.16 Å². The molecule has 26 heavy (non-hydrogen) atoms. The lowest BCUT2D eigenvalue weighted by Gasteiger charge is -2.11. The highest BCUT2D eigenvalue weighted by atomic mass is 32.2. The Labute approximate surface area is 153 Å². The van der Waals surface area contributed by atoms with Gasteiger partial charge in [0.25, 0.3) is 0 Å². The first-order valence-electron chi connectivity index (χ1n) is 7.66. The van der Waals surface area contributed by atoms with Crippen molar-refractivity contribution in [1.82, 2.24) is 34.6 Å². The van der Waals surface area contributed by atoms with E-state index in [1.165, 1.54) is 11.8 Å². The molecule has 1 aromatic carbocycles. The lowest BCUT2D eigenvalue weighted by Crippen LogP contribution is -1.99. The number of benzene rings is 1. The third kappa shape index (κ3) is 2.84. The molecule has 4 aromatic rings. The predicted molar refractivity (Wildman–Crippen MR) is 94.4 cm³/mol.